The first-order chi connectivity index (χ1) is 6.76. The van der Waals surface area contributed by atoms with E-state index in [9.17, 15) is 0 Å². The van der Waals surface area contributed by atoms with Crippen molar-refractivity contribution in [2.45, 2.75) is 12.2 Å². The van der Waals surface area contributed by atoms with Crippen LogP contribution in [0.3, 0.4) is 0 Å². The molecule has 0 aliphatic heterocycles. The average molecular weight is 213 g/mol. The second kappa shape index (κ2) is 5.66. The van der Waals surface area contributed by atoms with E-state index in [0.29, 0.717) is 11.2 Å². The van der Waals surface area contributed by atoms with Crippen molar-refractivity contribution in [3.05, 3.63) is 12.3 Å². The lowest BCUT2D eigenvalue weighted by Crippen LogP contribution is -2.15. The van der Waals surface area contributed by atoms with Crippen molar-refractivity contribution in [3.63, 3.8) is 0 Å². The molecule has 0 aliphatic carbocycles. The topological polar surface area (TPSA) is 75.9 Å². The summed E-state index contributed by atoms with van der Waals surface area (Å²) in [5.74, 6) is 6.40. The molecule has 1 unspecified atom stereocenters. The van der Waals surface area contributed by atoms with Crippen molar-refractivity contribution in [3.8, 4) is 0 Å². The summed E-state index contributed by atoms with van der Waals surface area (Å²) >= 11 is 1.81. The number of aromatic nitrogens is 2. The molecule has 6 heteroatoms. The van der Waals surface area contributed by atoms with Crippen LogP contribution in [-0.2, 0) is 0 Å². The van der Waals surface area contributed by atoms with E-state index in [1.165, 1.54) is 0 Å². The first-order valence-corrected chi connectivity index (χ1v) is 5.61. The Balaban J connectivity index is 2.50. The number of nitrogens with one attached hydrogen (secondary N) is 2. The fraction of sp³-hybridized carbons (Fsp3) is 0.500. The molecular formula is C8H15N5S. The van der Waals surface area contributed by atoms with Gasteiger partial charge in [0, 0.05) is 18.0 Å². The van der Waals surface area contributed by atoms with Gasteiger partial charge in [-0.25, -0.2) is 10.8 Å². The number of hydrogen-bond donors (Lipinski definition) is 3. The van der Waals surface area contributed by atoms with Gasteiger partial charge < -0.3 is 5.32 Å². The van der Waals surface area contributed by atoms with Gasteiger partial charge in [-0.1, -0.05) is 6.92 Å². The minimum absolute atomic E-state index is 0.423. The molecule has 1 aromatic rings. The maximum Gasteiger partial charge on any atom is 0.239 e. The van der Waals surface area contributed by atoms with Crippen LogP contribution in [0, 0.1) is 0 Å². The summed E-state index contributed by atoms with van der Waals surface area (Å²) in [4.78, 5) is 8.04. The number of anilines is 2. The zero-order valence-corrected chi connectivity index (χ0v) is 9.14. The van der Waals surface area contributed by atoms with Crippen LogP contribution in [0.5, 0.6) is 0 Å². The summed E-state index contributed by atoms with van der Waals surface area (Å²) in [7, 11) is 0. The molecule has 78 valence electrons. The molecule has 14 heavy (non-hydrogen) atoms. The van der Waals surface area contributed by atoms with E-state index in [4.69, 9.17) is 5.84 Å². The lowest BCUT2D eigenvalue weighted by molar-refractivity contribution is 0.984. The smallest absolute Gasteiger partial charge is 0.239 e. The molecule has 1 rings (SSSR count). The fourth-order valence-electron chi connectivity index (χ4n) is 0.858. The molecule has 0 spiro atoms. The monoisotopic (exact) mass is 213 g/mol. The summed E-state index contributed by atoms with van der Waals surface area (Å²) in [6.45, 7) is 3.03. The zero-order valence-electron chi connectivity index (χ0n) is 8.32. The van der Waals surface area contributed by atoms with Crippen LogP contribution in [0.25, 0.3) is 0 Å². The lowest BCUT2D eigenvalue weighted by Gasteiger charge is -2.10. The first-order valence-electron chi connectivity index (χ1n) is 4.32. The highest BCUT2D eigenvalue weighted by Gasteiger charge is 2.00. The molecule has 0 fully saturated rings. The van der Waals surface area contributed by atoms with Gasteiger partial charge in [0.05, 0.1) is 0 Å². The molecule has 0 aliphatic rings. The Morgan fingerprint density at radius 2 is 2.43 bits per heavy atom. The number of nitrogens with zero attached hydrogens (tertiary/aromatic N) is 2. The number of rotatable bonds is 5. The SMILES string of the molecule is CSC(C)CNc1ccnc(NN)n1. The Labute approximate surface area is 87.9 Å². The van der Waals surface area contributed by atoms with Crippen LogP contribution >= 0.6 is 11.8 Å². The van der Waals surface area contributed by atoms with Gasteiger partial charge in [0.25, 0.3) is 0 Å². The van der Waals surface area contributed by atoms with Gasteiger partial charge in [-0.2, -0.15) is 16.7 Å². The van der Waals surface area contributed by atoms with Gasteiger partial charge in [0.2, 0.25) is 5.95 Å². The van der Waals surface area contributed by atoms with Crippen LogP contribution in [0.15, 0.2) is 12.3 Å². The number of hydrazine groups is 1. The van der Waals surface area contributed by atoms with Crippen LogP contribution in [0.1, 0.15) is 6.92 Å². The molecule has 0 saturated carbocycles. The second-order valence-corrected chi connectivity index (χ2v) is 4.11. The highest BCUT2D eigenvalue weighted by atomic mass is 32.2. The Morgan fingerprint density at radius 3 is 3.07 bits per heavy atom. The maximum atomic E-state index is 5.19. The quantitative estimate of drug-likeness (QED) is 0.499. The molecule has 1 heterocycles. The van der Waals surface area contributed by atoms with Crippen molar-refractivity contribution >= 4 is 23.5 Å². The third-order valence-electron chi connectivity index (χ3n) is 1.76. The van der Waals surface area contributed by atoms with Crippen LogP contribution < -0.4 is 16.6 Å². The molecule has 1 aromatic heterocycles. The van der Waals surface area contributed by atoms with Crippen molar-refractivity contribution in [1.82, 2.24) is 9.97 Å². The molecule has 4 N–H and O–H groups in total. The predicted octanol–water partition coefficient (Wildman–Crippen LogP) is 0.926. The van der Waals surface area contributed by atoms with E-state index in [2.05, 4.69) is 33.9 Å². The fourth-order valence-corrected chi connectivity index (χ4v) is 1.11. The molecule has 0 bridgehead atoms. The summed E-state index contributed by atoms with van der Waals surface area (Å²) in [5, 5.41) is 3.76. The average Bonchev–Trinajstić information content (AvgIpc) is 2.26. The van der Waals surface area contributed by atoms with Crippen molar-refractivity contribution in [2.75, 3.05) is 23.5 Å². The molecular weight excluding hydrogens is 198 g/mol. The van der Waals surface area contributed by atoms with Crippen LogP contribution in [0.2, 0.25) is 0 Å². The Bertz CT molecular complexity index is 280. The Kier molecular flexibility index (Phi) is 4.48. The van der Waals surface area contributed by atoms with Gasteiger partial charge >= 0.3 is 0 Å². The molecule has 0 radical (unpaired) electrons. The van der Waals surface area contributed by atoms with Crippen molar-refractivity contribution in [2.24, 2.45) is 5.84 Å². The van der Waals surface area contributed by atoms with Crippen molar-refractivity contribution < 1.29 is 0 Å². The third-order valence-corrected chi connectivity index (χ3v) is 2.73. The molecule has 1 atom stereocenters. The van der Waals surface area contributed by atoms with E-state index in [1.807, 2.05) is 17.8 Å². The lowest BCUT2D eigenvalue weighted by atomic mass is 10.4. The normalized spacial score (nSPS) is 12.2. The minimum Gasteiger partial charge on any atom is -0.369 e. The third kappa shape index (κ3) is 3.39. The molecule has 0 amide bonds. The first kappa shape index (κ1) is 11.1. The molecule has 0 aromatic carbocycles. The van der Waals surface area contributed by atoms with E-state index in [-0.39, 0.29) is 0 Å². The van der Waals surface area contributed by atoms with Crippen LogP contribution in [-0.4, -0.2) is 28.0 Å². The van der Waals surface area contributed by atoms with Crippen LogP contribution in [0.4, 0.5) is 11.8 Å². The van der Waals surface area contributed by atoms with E-state index in [1.54, 1.807) is 6.20 Å². The highest BCUT2D eigenvalue weighted by molar-refractivity contribution is 7.99. The summed E-state index contributed by atoms with van der Waals surface area (Å²) < 4.78 is 0. The van der Waals surface area contributed by atoms with E-state index < -0.39 is 0 Å². The van der Waals surface area contributed by atoms with Gasteiger partial charge in [0.15, 0.2) is 0 Å². The molecule has 5 nitrogen and oxygen atoms in total. The van der Waals surface area contributed by atoms with Crippen molar-refractivity contribution in [1.29, 1.82) is 0 Å². The van der Waals surface area contributed by atoms with E-state index in [0.717, 1.165) is 12.4 Å². The zero-order chi connectivity index (χ0) is 10.4. The van der Waals surface area contributed by atoms with Gasteiger partial charge in [0.1, 0.15) is 5.82 Å². The number of nitrogens with two attached hydrogens (primary N) is 1. The summed E-state index contributed by atoms with van der Waals surface area (Å²) in [6.07, 6.45) is 3.74. The van der Waals surface area contributed by atoms with Gasteiger partial charge in [-0.3, -0.25) is 5.43 Å². The molecule has 0 saturated heterocycles. The number of thioether (sulfide) groups is 1. The minimum atomic E-state index is 0.423. The largest absolute Gasteiger partial charge is 0.369 e. The van der Waals surface area contributed by atoms with Gasteiger partial charge in [-0.05, 0) is 12.3 Å². The van der Waals surface area contributed by atoms with Gasteiger partial charge in [-0.15, -0.1) is 0 Å². The second-order valence-electron chi connectivity index (χ2n) is 2.84. The number of nitrogen functional groups attached to an aromatic ring is 1. The highest BCUT2D eigenvalue weighted by Crippen LogP contribution is 2.08. The standard InChI is InChI=1S/C8H15N5S/c1-6(14-2)5-11-7-3-4-10-8(12-7)13-9/h3-4,6H,5,9H2,1-2H3,(H2,10,11,12,13). The Hall–Kier alpha value is -1.01. The van der Waals surface area contributed by atoms with E-state index >= 15 is 0 Å². The maximum absolute atomic E-state index is 5.19. The summed E-state index contributed by atoms with van der Waals surface area (Å²) in [6, 6.07) is 1.81. The Morgan fingerprint density at radius 1 is 1.64 bits per heavy atom. The number of hydrogen-bond acceptors (Lipinski definition) is 6. The predicted molar refractivity (Wildman–Crippen MR) is 61.3 cm³/mol. The summed E-state index contributed by atoms with van der Waals surface area (Å²) in [5.41, 5.74) is 2.40.